The molecule has 1 rings (SSSR count). The zero-order valence-corrected chi connectivity index (χ0v) is 8.47. The molecule has 0 aromatic carbocycles. The van der Waals surface area contributed by atoms with Gasteiger partial charge < -0.3 is 10.5 Å². The summed E-state index contributed by atoms with van der Waals surface area (Å²) in [5, 5.41) is 0. The first-order valence-electron chi connectivity index (χ1n) is 4.83. The highest BCUT2D eigenvalue weighted by molar-refractivity contribution is 4.83. The van der Waals surface area contributed by atoms with Crippen LogP contribution in [0.5, 0.6) is 0 Å². The summed E-state index contributed by atoms with van der Waals surface area (Å²) < 4.78 is 5.49. The Labute approximate surface area is 75.5 Å². The average molecular weight is 171 g/mol. The summed E-state index contributed by atoms with van der Waals surface area (Å²) >= 11 is 0. The Morgan fingerprint density at radius 1 is 1.42 bits per heavy atom. The van der Waals surface area contributed by atoms with Crippen LogP contribution < -0.4 is 5.73 Å². The van der Waals surface area contributed by atoms with Crippen molar-refractivity contribution in [2.75, 3.05) is 19.8 Å². The predicted octanol–water partition coefficient (Wildman–Crippen LogP) is 1.64. The van der Waals surface area contributed by atoms with E-state index in [9.17, 15) is 0 Å². The van der Waals surface area contributed by atoms with Crippen LogP contribution in [0.2, 0.25) is 0 Å². The third kappa shape index (κ3) is 2.20. The molecule has 0 radical (unpaired) electrons. The summed E-state index contributed by atoms with van der Waals surface area (Å²) in [5.41, 5.74) is 6.07. The van der Waals surface area contributed by atoms with E-state index in [-0.39, 0.29) is 0 Å². The molecule has 1 heterocycles. The van der Waals surface area contributed by atoms with Gasteiger partial charge in [0.15, 0.2) is 0 Å². The molecule has 1 aliphatic rings. The van der Waals surface area contributed by atoms with Crippen molar-refractivity contribution in [1.82, 2.24) is 0 Å². The molecule has 0 spiro atoms. The lowest BCUT2D eigenvalue weighted by molar-refractivity contribution is -0.0267. The van der Waals surface area contributed by atoms with Crippen molar-refractivity contribution >= 4 is 0 Å². The van der Waals surface area contributed by atoms with Crippen molar-refractivity contribution < 1.29 is 4.74 Å². The molecule has 0 aromatic rings. The van der Waals surface area contributed by atoms with Crippen molar-refractivity contribution in [1.29, 1.82) is 0 Å². The second-order valence-corrected chi connectivity index (χ2v) is 4.83. The maximum atomic E-state index is 5.73. The largest absolute Gasteiger partial charge is 0.381 e. The zero-order valence-electron chi connectivity index (χ0n) is 8.47. The van der Waals surface area contributed by atoms with Crippen LogP contribution >= 0.6 is 0 Å². The molecule has 2 heteroatoms. The highest BCUT2D eigenvalue weighted by atomic mass is 16.5. The van der Waals surface area contributed by atoms with E-state index < -0.39 is 0 Å². The molecule has 2 nitrogen and oxygen atoms in total. The highest BCUT2D eigenvalue weighted by Gasteiger charge is 2.33. The summed E-state index contributed by atoms with van der Waals surface area (Å²) in [6, 6.07) is 0. The molecule has 0 aromatic heterocycles. The summed E-state index contributed by atoms with van der Waals surface area (Å²) in [6.45, 7) is 9.42. The molecular weight excluding hydrogens is 150 g/mol. The molecule has 12 heavy (non-hydrogen) atoms. The van der Waals surface area contributed by atoms with Crippen molar-refractivity contribution in [3.63, 3.8) is 0 Å². The van der Waals surface area contributed by atoms with Crippen LogP contribution in [0, 0.1) is 17.3 Å². The molecule has 72 valence electrons. The van der Waals surface area contributed by atoms with Crippen LogP contribution in [0.4, 0.5) is 0 Å². The number of nitrogens with two attached hydrogens (primary N) is 1. The van der Waals surface area contributed by atoms with Gasteiger partial charge in [-0.3, -0.25) is 0 Å². The summed E-state index contributed by atoms with van der Waals surface area (Å²) in [6.07, 6.45) is 1.14. The van der Waals surface area contributed by atoms with E-state index in [1.165, 1.54) is 0 Å². The van der Waals surface area contributed by atoms with Gasteiger partial charge in [-0.15, -0.1) is 0 Å². The van der Waals surface area contributed by atoms with Crippen molar-refractivity contribution in [3.8, 4) is 0 Å². The number of hydrogen-bond donors (Lipinski definition) is 1. The van der Waals surface area contributed by atoms with E-state index in [0.717, 1.165) is 26.2 Å². The van der Waals surface area contributed by atoms with Crippen molar-refractivity contribution in [2.45, 2.75) is 27.2 Å². The molecule has 2 atom stereocenters. The van der Waals surface area contributed by atoms with Gasteiger partial charge in [-0.25, -0.2) is 0 Å². The topological polar surface area (TPSA) is 35.2 Å². The Hall–Kier alpha value is -0.0800. The van der Waals surface area contributed by atoms with Crippen LogP contribution in [0.1, 0.15) is 27.2 Å². The van der Waals surface area contributed by atoms with E-state index in [1.807, 2.05) is 0 Å². The van der Waals surface area contributed by atoms with E-state index in [4.69, 9.17) is 10.5 Å². The van der Waals surface area contributed by atoms with Gasteiger partial charge in [0.25, 0.3) is 0 Å². The first kappa shape index (κ1) is 10.0. The van der Waals surface area contributed by atoms with Crippen molar-refractivity contribution in [2.24, 2.45) is 23.0 Å². The lowest BCUT2D eigenvalue weighted by Crippen LogP contribution is -2.40. The SMILES string of the molecule is CC(C)(C)C1COCCC1CN. The van der Waals surface area contributed by atoms with Gasteiger partial charge in [0.05, 0.1) is 6.61 Å². The first-order valence-corrected chi connectivity index (χ1v) is 4.83. The highest BCUT2D eigenvalue weighted by Crippen LogP contribution is 2.35. The van der Waals surface area contributed by atoms with Crippen LogP contribution in [0.3, 0.4) is 0 Å². The smallest absolute Gasteiger partial charge is 0.0502 e. The molecule has 0 bridgehead atoms. The summed E-state index contributed by atoms with van der Waals surface area (Å²) in [4.78, 5) is 0. The van der Waals surface area contributed by atoms with Gasteiger partial charge >= 0.3 is 0 Å². The van der Waals surface area contributed by atoms with Crippen molar-refractivity contribution in [3.05, 3.63) is 0 Å². The zero-order chi connectivity index (χ0) is 9.19. The molecular formula is C10H21NO. The second-order valence-electron chi connectivity index (χ2n) is 4.83. The maximum absolute atomic E-state index is 5.73. The maximum Gasteiger partial charge on any atom is 0.0502 e. The fourth-order valence-corrected chi connectivity index (χ4v) is 2.02. The Balaban J connectivity index is 2.59. The van der Waals surface area contributed by atoms with Crippen LogP contribution in [-0.4, -0.2) is 19.8 Å². The van der Waals surface area contributed by atoms with Gasteiger partial charge in [0, 0.05) is 6.61 Å². The van der Waals surface area contributed by atoms with E-state index in [0.29, 0.717) is 17.3 Å². The number of ether oxygens (including phenoxy) is 1. The van der Waals surface area contributed by atoms with Crippen LogP contribution in [0.25, 0.3) is 0 Å². The molecule has 1 aliphatic heterocycles. The molecule has 0 aliphatic carbocycles. The number of hydrogen-bond acceptors (Lipinski definition) is 2. The van der Waals surface area contributed by atoms with Gasteiger partial charge in [-0.2, -0.15) is 0 Å². The Morgan fingerprint density at radius 3 is 2.50 bits per heavy atom. The minimum atomic E-state index is 0.338. The van der Waals surface area contributed by atoms with Gasteiger partial charge in [0.1, 0.15) is 0 Å². The van der Waals surface area contributed by atoms with E-state index >= 15 is 0 Å². The summed E-state index contributed by atoms with van der Waals surface area (Å²) in [5.74, 6) is 1.30. The van der Waals surface area contributed by atoms with Gasteiger partial charge in [-0.1, -0.05) is 20.8 Å². The molecule has 2 unspecified atom stereocenters. The monoisotopic (exact) mass is 171 g/mol. The molecule has 1 saturated heterocycles. The van der Waals surface area contributed by atoms with Crippen LogP contribution in [-0.2, 0) is 4.74 Å². The minimum absolute atomic E-state index is 0.338. The standard InChI is InChI=1S/C10H21NO/c1-10(2,3)9-7-12-5-4-8(9)6-11/h8-9H,4-7,11H2,1-3H3. The lowest BCUT2D eigenvalue weighted by Gasteiger charge is -2.39. The fourth-order valence-electron chi connectivity index (χ4n) is 2.02. The molecule has 0 saturated carbocycles. The second kappa shape index (κ2) is 3.75. The normalized spacial score (nSPS) is 32.0. The first-order chi connectivity index (χ1) is 5.55. The molecule has 1 fully saturated rings. The molecule has 0 amide bonds. The number of rotatable bonds is 1. The summed E-state index contributed by atoms with van der Waals surface area (Å²) in [7, 11) is 0. The molecule has 2 N–H and O–H groups in total. The quantitative estimate of drug-likeness (QED) is 0.651. The Morgan fingerprint density at radius 2 is 2.08 bits per heavy atom. The lowest BCUT2D eigenvalue weighted by atomic mass is 9.71. The Kier molecular flexibility index (Phi) is 3.13. The van der Waals surface area contributed by atoms with Gasteiger partial charge in [0.2, 0.25) is 0 Å². The average Bonchev–Trinajstić information content (AvgIpc) is 2.03. The van der Waals surface area contributed by atoms with Gasteiger partial charge in [-0.05, 0) is 30.2 Å². The van der Waals surface area contributed by atoms with E-state index in [2.05, 4.69) is 20.8 Å². The predicted molar refractivity (Wildman–Crippen MR) is 50.9 cm³/mol. The minimum Gasteiger partial charge on any atom is -0.381 e. The third-order valence-corrected chi connectivity index (χ3v) is 2.91. The fraction of sp³-hybridized carbons (Fsp3) is 1.00. The third-order valence-electron chi connectivity index (χ3n) is 2.91. The van der Waals surface area contributed by atoms with E-state index in [1.54, 1.807) is 0 Å². The van der Waals surface area contributed by atoms with Crippen LogP contribution in [0.15, 0.2) is 0 Å². The Bertz CT molecular complexity index is 139.